The average Bonchev–Trinajstić information content (AvgIpc) is 2.96. The third-order valence-electron chi connectivity index (χ3n) is 2.72. The lowest BCUT2D eigenvalue weighted by molar-refractivity contribution is -0.115. The van der Waals surface area contributed by atoms with Gasteiger partial charge in [-0.15, -0.1) is 0 Å². The van der Waals surface area contributed by atoms with Crippen molar-refractivity contribution in [2.75, 3.05) is 0 Å². The van der Waals surface area contributed by atoms with Crippen LogP contribution < -0.4 is 5.32 Å². The molecule has 1 aromatic carbocycles. The molecule has 0 atom stereocenters. The van der Waals surface area contributed by atoms with E-state index in [0.717, 1.165) is 17.3 Å². The molecule has 4 nitrogen and oxygen atoms in total. The maximum absolute atomic E-state index is 11.5. The minimum Gasteiger partial charge on any atom is -0.460 e. The van der Waals surface area contributed by atoms with E-state index in [9.17, 15) is 9.59 Å². The second-order valence-corrected chi connectivity index (χ2v) is 5.34. The van der Waals surface area contributed by atoms with Crippen molar-refractivity contribution in [3.8, 4) is 0 Å². The van der Waals surface area contributed by atoms with E-state index in [-0.39, 0.29) is 5.24 Å². The molecular formula is C13H8ClNO3S. The van der Waals surface area contributed by atoms with Gasteiger partial charge in [-0.05, 0) is 30.0 Å². The van der Waals surface area contributed by atoms with Crippen molar-refractivity contribution in [2.45, 2.75) is 6.42 Å². The Bertz CT molecular complexity index is 651. The number of rotatable bonds is 1. The van der Waals surface area contributed by atoms with E-state index < -0.39 is 5.91 Å². The van der Waals surface area contributed by atoms with Gasteiger partial charge in [0, 0.05) is 12.0 Å². The Balaban J connectivity index is 1.88. The van der Waals surface area contributed by atoms with Crippen LogP contribution in [0.2, 0.25) is 5.02 Å². The molecule has 96 valence electrons. The van der Waals surface area contributed by atoms with Crippen LogP contribution in [0.4, 0.5) is 4.79 Å². The lowest BCUT2D eigenvalue weighted by atomic mass is 10.2. The summed E-state index contributed by atoms with van der Waals surface area (Å²) in [4.78, 5) is 23.0. The maximum atomic E-state index is 11.5. The number of carbonyl (C=O) groups is 2. The van der Waals surface area contributed by atoms with Gasteiger partial charge in [-0.1, -0.05) is 23.7 Å². The predicted molar refractivity (Wildman–Crippen MR) is 73.3 cm³/mol. The first kappa shape index (κ1) is 12.3. The third-order valence-corrected chi connectivity index (χ3v) is 3.95. The predicted octanol–water partition coefficient (Wildman–Crippen LogP) is 3.30. The number of amides is 2. The Labute approximate surface area is 118 Å². The molecule has 19 heavy (non-hydrogen) atoms. The van der Waals surface area contributed by atoms with Crippen molar-refractivity contribution in [3.63, 3.8) is 0 Å². The molecule has 3 rings (SSSR count). The van der Waals surface area contributed by atoms with Crippen molar-refractivity contribution >= 4 is 40.3 Å². The highest BCUT2D eigenvalue weighted by Crippen LogP contribution is 2.37. The molecule has 2 aliphatic heterocycles. The number of imide groups is 1. The number of ether oxygens (including phenoxy) is 1. The number of carbonyl (C=O) groups excluding carboxylic acids is 2. The largest absolute Gasteiger partial charge is 0.460 e. The summed E-state index contributed by atoms with van der Waals surface area (Å²) in [6.07, 6.45) is 2.32. The fraction of sp³-hybridized carbons (Fsp3) is 0.0769. The Morgan fingerprint density at radius 1 is 1.26 bits per heavy atom. The molecule has 0 spiro atoms. The second-order valence-electron chi connectivity index (χ2n) is 3.95. The lowest BCUT2D eigenvalue weighted by Crippen LogP contribution is -2.18. The second kappa shape index (κ2) is 4.75. The molecule has 0 aromatic heterocycles. The van der Waals surface area contributed by atoms with Crippen molar-refractivity contribution in [1.82, 2.24) is 5.32 Å². The molecule has 0 aliphatic carbocycles. The highest BCUT2D eigenvalue weighted by Gasteiger charge is 2.31. The Hall–Kier alpha value is -1.72. The van der Waals surface area contributed by atoms with Gasteiger partial charge < -0.3 is 4.74 Å². The molecular weight excluding hydrogens is 286 g/mol. The first-order valence-electron chi connectivity index (χ1n) is 5.54. The number of thioether (sulfide) groups is 1. The number of allylic oxidation sites excluding steroid dienone is 1. The van der Waals surface area contributed by atoms with Gasteiger partial charge in [-0.3, -0.25) is 14.9 Å². The van der Waals surface area contributed by atoms with Crippen molar-refractivity contribution in [3.05, 3.63) is 51.6 Å². The maximum Gasteiger partial charge on any atom is 0.291 e. The van der Waals surface area contributed by atoms with E-state index in [4.69, 9.17) is 16.3 Å². The zero-order valence-electron chi connectivity index (χ0n) is 9.60. The van der Waals surface area contributed by atoms with Crippen LogP contribution in [0, 0.1) is 0 Å². The van der Waals surface area contributed by atoms with Gasteiger partial charge >= 0.3 is 0 Å². The molecule has 0 saturated carbocycles. The SMILES string of the molecule is O=C1NC(=O)C(=C2CC=C(c3ccccc3Cl)O2)S1. The summed E-state index contributed by atoms with van der Waals surface area (Å²) in [5.74, 6) is 0.697. The molecule has 1 fully saturated rings. The van der Waals surface area contributed by atoms with E-state index in [0.29, 0.717) is 27.9 Å². The third kappa shape index (κ3) is 2.27. The summed E-state index contributed by atoms with van der Waals surface area (Å²) in [7, 11) is 0. The Morgan fingerprint density at radius 3 is 2.74 bits per heavy atom. The van der Waals surface area contributed by atoms with Crippen LogP contribution in [0.1, 0.15) is 12.0 Å². The van der Waals surface area contributed by atoms with Gasteiger partial charge in [0.2, 0.25) is 0 Å². The van der Waals surface area contributed by atoms with Crippen LogP contribution in [-0.4, -0.2) is 11.1 Å². The molecule has 2 heterocycles. The summed E-state index contributed by atoms with van der Waals surface area (Å²) in [5, 5.41) is 2.42. The highest BCUT2D eigenvalue weighted by atomic mass is 35.5. The Morgan fingerprint density at radius 2 is 2.05 bits per heavy atom. The van der Waals surface area contributed by atoms with Crippen LogP contribution in [0.3, 0.4) is 0 Å². The van der Waals surface area contributed by atoms with Crippen LogP contribution in [-0.2, 0) is 9.53 Å². The molecule has 0 unspecified atom stereocenters. The van der Waals surface area contributed by atoms with Gasteiger partial charge in [0.15, 0.2) is 0 Å². The Kier molecular flexibility index (Phi) is 3.08. The van der Waals surface area contributed by atoms with Gasteiger partial charge in [0.25, 0.3) is 11.1 Å². The lowest BCUT2D eigenvalue weighted by Gasteiger charge is -2.07. The summed E-state index contributed by atoms with van der Waals surface area (Å²) in [6, 6.07) is 7.30. The van der Waals surface area contributed by atoms with Crippen molar-refractivity contribution in [1.29, 1.82) is 0 Å². The number of hydrogen-bond acceptors (Lipinski definition) is 4. The molecule has 2 amide bonds. The van der Waals surface area contributed by atoms with Crippen LogP contribution in [0.5, 0.6) is 0 Å². The fourth-order valence-corrected chi connectivity index (χ4v) is 2.80. The summed E-state index contributed by atoms with van der Waals surface area (Å²) in [5.41, 5.74) is 0.773. The molecule has 0 radical (unpaired) electrons. The van der Waals surface area contributed by atoms with Crippen molar-refractivity contribution in [2.24, 2.45) is 0 Å². The van der Waals surface area contributed by atoms with E-state index in [2.05, 4.69) is 5.32 Å². The van der Waals surface area contributed by atoms with E-state index in [1.165, 1.54) is 0 Å². The van der Waals surface area contributed by atoms with E-state index in [1.807, 2.05) is 24.3 Å². The highest BCUT2D eigenvalue weighted by molar-refractivity contribution is 8.18. The molecule has 1 aromatic rings. The van der Waals surface area contributed by atoms with Gasteiger partial charge in [0.05, 0.1) is 5.02 Å². The average molecular weight is 294 g/mol. The number of hydrogen-bond donors (Lipinski definition) is 1. The molecule has 1 N–H and O–H groups in total. The van der Waals surface area contributed by atoms with E-state index >= 15 is 0 Å². The monoisotopic (exact) mass is 293 g/mol. The van der Waals surface area contributed by atoms with Crippen LogP contribution in [0.25, 0.3) is 5.76 Å². The minimum absolute atomic E-state index is 0.323. The fourth-order valence-electron chi connectivity index (χ4n) is 1.86. The smallest absolute Gasteiger partial charge is 0.291 e. The summed E-state index contributed by atoms with van der Waals surface area (Å²) < 4.78 is 5.65. The number of benzene rings is 1. The van der Waals surface area contributed by atoms with E-state index in [1.54, 1.807) is 6.07 Å². The minimum atomic E-state index is -0.404. The zero-order valence-corrected chi connectivity index (χ0v) is 11.2. The molecule has 1 saturated heterocycles. The van der Waals surface area contributed by atoms with Crippen LogP contribution in [0.15, 0.2) is 41.0 Å². The van der Waals surface area contributed by atoms with Gasteiger partial charge in [-0.25, -0.2) is 0 Å². The number of halogens is 1. The first-order chi connectivity index (χ1) is 9.15. The van der Waals surface area contributed by atoms with Crippen LogP contribution >= 0.6 is 23.4 Å². The quantitative estimate of drug-likeness (QED) is 0.807. The molecule has 0 bridgehead atoms. The van der Waals surface area contributed by atoms with Gasteiger partial charge in [-0.2, -0.15) is 0 Å². The molecule has 6 heteroatoms. The normalized spacial score (nSPS) is 22.3. The zero-order chi connectivity index (χ0) is 13.4. The molecule has 2 aliphatic rings. The number of nitrogens with one attached hydrogen (secondary N) is 1. The van der Waals surface area contributed by atoms with Crippen molar-refractivity contribution < 1.29 is 14.3 Å². The topological polar surface area (TPSA) is 55.4 Å². The first-order valence-corrected chi connectivity index (χ1v) is 6.74. The summed E-state index contributed by atoms with van der Waals surface area (Å²) in [6.45, 7) is 0. The van der Waals surface area contributed by atoms with Gasteiger partial charge in [0.1, 0.15) is 16.4 Å². The summed E-state index contributed by atoms with van der Waals surface area (Å²) >= 11 is 6.95. The standard InChI is InChI=1S/C13H8ClNO3S/c14-8-4-2-1-3-7(8)9-5-6-10(18-9)11-12(16)15-13(17)19-11/h1-5H,6H2,(H,15,16,17).